The van der Waals surface area contributed by atoms with Crippen LogP contribution < -0.4 is 9.80 Å². The molecule has 0 fully saturated rings. The molecule has 4 heteroatoms. The van der Waals surface area contributed by atoms with Crippen LogP contribution in [0.2, 0.25) is 0 Å². The Morgan fingerprint density at radius 3 is 1.71 bits per heavy atom. The van der Waals surface area contributed by atoms with Gasteiger partial charge in [-0.2, -0.15) is 0 Å². The first-order valence-corrected chi connectivity index (χ1v) is 33.6. The van der Waals surface area contributed by atoms with E-state index in [1.54, 1.807) is 0 Å². The second-order valence-electron chi connectivity index (χ2n) is 26.1. The summed E-state index contributed by atoms with van der Waals surface area (Å²) >= 11 is 0. The molecule has 0 saturated carbocycles. The fraction of sp³-hybridized carbons (Fsp3) is 0.0769. The number of anilines is 5. The summed E-state index contributed by atoms with van der Waals surface area (Å²) < 4.78 is 5.53. The lowest BCUT2D eigenvalue weighted by atomic mass is 9.68. The van der Waals surface area contributed by atoms with Gasteiger partial charge in [-0.3, -0.25) is 0 Å². The molecule has 19 rings (SSSR count). The molecular formula is C91H66N4. The van der Waals surface area contributed by atoms with Gasteiger partial charge >= 0.3 is 0 Å². The lowest BCUT2D eigenvalue weighted by Gasteiger charge is -2.39. The highest BCUT2D eigenvalue weighted by Gasteiger charge is 2.49. The SMILES string of the molecule is Cc1ccccc1C1=CC=C(N(c2ccccc2)c2cccc3c2c2cccc4c2n3C2C4=C(c3ccccc3)c3c(c4cccc5c6c(N(c7ccccc7)c7ccc(-c8ccccc8)cc7-c7ccccc7)cccc6n3c45)C2C2C=CC=CC2)C(c2ccccc2)C1. The van der Waals surface area contributed by atoms with Crippen molar-refractivity contribution in [3.63, 3.8) is 0 Å². The van der Waals surface area contributed by atoms with Crippen molar-refractivity contribution >= 4 is 94.2 Å². The minimum Gasteiger partial charge on any atom is -0.332 e. The maximum absolute atomic E-state index is 2.82. The number of para-hydroxylation sites is 4. The first kappa shape index (κ1) is 55.0. The number of hydrogen-bond donors (Lipinski definition) is 0. The highest BCUT2D eigenvalue weighted by Crippen LogP contribution is 2.64. The fourth-order valence-corrected chi connectivity index (χ4v) is 17.2. The Kier molecular flexibility index (Phi) is 12.9. The topological polar surface area (TPSA) is 15.8 Å². The third-order valence-corrected chi connectivity index (χ3v) is 21.1. The van der Waals surface area contributed by atoms with Crippen molar-refractivity contribution in [2.45, 2.75) is 37.6 Å². The van der Waals surface area contributed by atoms with Crippen LogP contribution in [0.4, 0.5) is 28.4 Å². The molecule has 4 heterocycles. The summed E-state index contributed by atoms with van der Waals surface area (Å²) in [7, 11) is 0. The number of hydrogen-bond acceptors (Lipinski definition) is 2. The minimum absolute atomic E-state index is 0.0426. The van der Waals surface area contributed by atoms with Gasteiger partial charge in [-0.25, -0.2) is 0 Å². The van der Waals surface area contributed by atoms with Crippen LogP contribution >= 0.6 is 0 Å². The Morgan fingerprint density at radius 2 is 1.00 bits per heavy atom. The number of fused-ring (bicyclic) bond motifs is 12. The predicted molar refractivity (Wildman–Crippen MR) is 399 cm³/mol. The fourth-order valence-electron chi connectivity index (χ4n) is 17.2. The van der Waals surface area contributed by atoms with E-state index < -0.39 is 0 Å². The summed E-state index contributed by atoms with van der Waals surface area (Å²) in [5.74, 6) is 0.343. The van der Waals surface area contributed by atoms with Crippen LogP contribution in [0, 0.1) is 12.8 Å². The summed E-state index contributed by atoms with van der Waals surface area (Å²) in [5.41, 5.74) is 29.9. The average molecular weight is 1220 g/mol. The molecule has 95 heavy (non-hydrogen) atoms. The number of rotatable bonds is 12. The maximum Gasteiger partial charge on any atom is 0.0681 e. The van der Waals surface area contributed by atoms with Gasteiger partial charge in [0.2, 0.25) is 0 Å². The second kappa shape index (κ2) is 22.3. The Bertz CT molecular complexity index is 5670. The zero-order valence-electron chi connectivity index (χ0n) is 52.8. The minimum atomic E-state index is -0.0426. The molecule has 4 unspecified atom stereocenters. The summed E-state index contributed by atoms with van der Waals surface area (Å²) in [6, 6.07) is 111. The second-order valence-corrected chi connectivity index (χ2v) is 26.1. The van der Waals surface area contributed by atoms with Crippen LogP contribution in [0.1, 0.15) is 69.8 Å². The maximum atomic E-state index is 2.82. The van der Waals surface area contributed by atoms with Crippen LogP contribution in [-0.4, -0.2) is 8.97 Å². The molecule has 0 amide bonds. The summed E-state index contributed by atoms with van der Waals surface area (Å²) in [6.07, 6.45) is 16.2. The summed E-state index contributed by atoms with van der Waals surface area (Å²) in [5, 5.41) is 6.35. The van der Waals surface area contributed by atoms with E-state index in [-0.39, 0.29) is 23.8 Å². The van der Waals surface area contributed by atoms with Crippen LogP contribution in [0.5, 0.6) is 0 Å². The molecule has 0 bridgehead atoms. The zero-order valence-corrected chi connectivity index (χ0v) is 52.8. The van der Waals surface area contributed by atoms with E-state index in [9.17, 15) is 0 Å². The molecule has 450 valence electrons. The first-order chi connectivity index (χ1) is 47.1. The highest BCUT2D eigenvalue weighted by molar-refractivity contribution is 6.26. The molecule has 4 atom stereocenters. The van der Waals surface area contributed by atoms with Gasteiger partial charge in [0, 0.05) is 72.5 Å². The van der Waals surface area contributed by atoms with Gasteiger partial charge in [0.1, 0.15) is 0 Å². The number of aromatic nitrogens is 2. The molecule has 0 N–H and O–H groups in total. The molecular weight excluding hydrogens is 1150 g/mol. The van der Waals surface area contributed by atoms with Crippen LogP contribution in [0.3, 0.4) is 0 Å². The number of aryl methyl sites for hydroxylation is 1. The molecule has 4 aliphatic rings. The summed E-state index contributed by atoms with van der Waals surface area (Å²) in [4.78, 5) is 5.13. The van der Waals surface area contributed by atoms with Crippen molar-refractivity contribution in [1.29, 1.82) is 0 Å². The molecule has 0 radical (unpaired) electrons. The molecule has 12 aromatic carbocycles. The number of benzene rings is 12. The monoisotopic (exact) mass is 1210 g/mol. The van der Waals surface area contributed by atoms with E-state index >= 15 is 0 Å². The molecule has 15 aromatic rings. The standard InChI is InChI=1S/C91H66N4/c1-59-29-23-24-44-69(59)66-54-56-77(75(58-66)62-34-13-4-14-35-62)93(68-42-21-8-22-43-68)79-50-28-52-81-85(79)71-46-26-48-73-87-82(63-36-15-5-16-37-63)90-86(83(64-38-17-6-18-39-64)91(87)95(81)89(71)73)72-47-25-45-70-84-78(49-27-51-80(84)94(90)88(70)72)92(67-40-19-7-20-41-67)76-55-53-65(60-30-9-2-10-31-60)57-74(76)61-32-11-3-12-33-61/h2-38,40-57,64,75,83,91H,39,58H2,1H3. The van der Waals surface area contributed by atoms with Gasteiger partial charge in [0.15, 0.2) is 0 Å². The average Bonchev–Trinajstić information content (AvgIpc) is 1.50. The number of allylic oxidation sites excluding steroid dienone is 9. The van der Waals surface area contributed by atoms with E-state index in [1.165, 1.54) is 138 Å². The quantitative estimate of drug-likeness (QED) is 0.121. The Hall–Kier alpha value is -11.7. The van der Waals surface area contributed by atoms with E-state index in [1.807, 2.05) is 0 Å². The summed E-state index contributed by atoms with van der Waals surface area (Å²) in [6.45, 7) is 2.24. The normalized spacial score (nSPS) is 17.2. The van der Waals surface area contributed by atoms with Gasteiger partial charge in [-0.05, 0) is 148 Å². The first-order valence-electron chi connectivity index (χ1n) is 33.6. The van der Waals surface area contributed by atoms with Gasteiger partial charge < -0.3 is 18.8 Å². The Morgan fingerprint density at radius 1 is 0.421 bits per heavy atom. The lowest BCUT2D eigenvalue weighted by molar-refractivity contribution is 0.421. The smallest absolute Gasteiger partial charge is 0.0681 e. The van der Waals surface area contributed by atoms with Crippen molar-refractivity contribution in [2.75, 3.05) is 9.80 Å². The van der Waals surface area contributed by atoms with E-state index in [0.717, 1.165) is 35.6 Å². The Labute approximate surface area is 553 Å². The van der Waals surface area contributed by atoms with Crippen LogP contribution in [-0.2, 0) is 0 Å². The van der Waals surface area contributed by atoms with E-state index in [0.29, 0.717) is 0 Å². The van der Waals surface area contributed by atoms with Crippen LogP contribution in [0.15, 0.2) is 339 Å². The van der Waals surface area contributed by atoms with Crippen molar-refractivity contribution in [2.24, 2.45) is 5.92 Å². The molecule has 0 saturated heterocycles. The third kappa shape index (κ3) is 8.53. The third-order valence-electron chi connectivity index (χ3n) is 21.1. The predicted octanol–water partition coefficient (Wildman–Crippen LogP) is 23.9. The van der Waals surface area contributed by atoms with Gasteiger partial charge in [-0.1, -0.05) is 267 Å². The molecule has 3 aliphatic carbocycles. The van der Waals surface area contributed by atoms with Crippen molar-refractivity contribution in [3.05, 3.63) is 378 Å². The Balaban J connectivity index is 0.876. The van der Waals surface area contributed by atoms with E-state index in [4.69, 9.17) is 0 Å². The van der Waals surface area contributed by atoms with Crippen LogP contribution in [0.25, 0.3) is 88.0 Å². The van der Waals surface area contributed by atoms with Crippen molar-refractivity contribution in [1.82, 2.24) is 8.97 Å². The van der Waals surface area contributed by atoms with Crippen molar-refractivity contribution < 1.29 is 0 Å². The van der Waals surface area contributed by atoms with E-state index in [2.05, 4.69) is 359 Å². The van der Waals surface area contributed by atoms with Gasteiger partial charge in [0.05, 0.1) is 50.9 Å². The molecule has 3 aromatic heterocycles. The highest BCUT2D eigenvalue weighted by atomic mass is 15.2. The van der Waals surface area contributed by atoms with Crippen molar-refractivity contribution in [3.8, 4) is 22.3 Å². The zero-order chi connectivity index (χ0) is 62.7. The lowest BCUT2D eigenvalue weighted by Crippen LogP contribution is -2.27. The molecule has 4 nitrogen and oxygen atoms in total. The molecule has 0 spiro atoms. The molecule has 1 aliphatic heterocycles. The van der Waals surface area contributed by atoms with Gasteiger partial charge in [0.25, 0.3) is 0 Å². The van der Waals surface area contributed by atoms with Gasteiger partial charge in [-0.15, -0.1) is 0 Å². The number of nitrogens with zero attached hydrogens (tertiary/aromatic N) is 4. The largest absolute Gasteiger partial charge is 0.332 e.